The van der Waals surface area contributed by atoms with Gasteiger partial charge >= 0.3 is 0 Å². The average Bonchev–Trinajstić information content (AvgIpc) is 3.01. The fourth-order valence-electron chi connectivity index (χ4n) is 2.99. The van der Waals surface area contributed by atoms with Crippen molar-refractivity contribution in [1.82, 2.24) is 4.90 Å². The molecule has 0 saturated carbocycles. The lowest BCUT2D eigenvalue weighted by atomic mass is 10.1. The lowest BCUT2D eigenvalue weighted by Gasteiger charge is -2.20. The molecular weight excluding hydrogens is 276 g/mol. The summed E-state index contributed by atoms with van der Waals surface area (Å²) in [6, 6.07) is 2.45. The number of aryl methyl sites for hydroxylation is 1. The van der Waals surface area contributed by atoms with Crippen molar-refractivity contribution in [1.29, 1.82) is 0 Å². The van der Waals surface area contributed by atoms with E-state index >= 15 is 0 Å². The molecule has 3 heterocycles. The van der Waals surface area contributed by atoms with E-state index in [0.717, 1.165) is 30.0 Å². The van der Waals surface area contributed by atoms with Gasteiger partial charge in [0.05, 0.1) is 4.88 Å². The van der Waals surface area contributed by atoms with Crippen molar-refractivity contribution in [3.8, 4) is 0 Å². The van der Waals surface area contributed by atoms with Crippen molar-refractivity contribution in [3.05, 3.63) is 21.4 Å². The van der Waals surface area contributed by atoms with Crippen LogP contribution in [0.4, 0.5) is 0 Å². The first kappa shape index (κ1) is 13.5. The van der Waals surface area contributed by atoms with Crippen molar-refractivity contribution >= 4 is 29.0 Å². The Bertz CT molecular complexity index is 462. The second kappa shape index (κ2) is 5.46. The lowest BCUT2D eigenvalue weighted by Crippen LogP contribution is -2.33. The number of hydrogen-bond acceptors (Lipinski definition) is 4. The number of thiophene rings is 1. The smallest absolute Gasteiger partial charge is 0.264 e. The van der Waals surface area contributed by atoms with Gasteiger partial charge in [0.25, 0.3) is 5.91 Å². The molecule has 5 heteroatoms. The number of nitrogens with zero attached hydrogens (tertiary/aromatic N) is 1. The predicted octanol–water partition coefficient (Wildman–Crippen LogP) is 2.35. The Morgan fingerprint density at radius 3 is 3.11 bits per heavy atom. The molecule has 2 atom stereocenters. The standard InChI is InChI=1S/C14H20N2OS2/c1-9-4-10(6-15)7-16(9)14(17)13-5-11-8-18-3-2-12(11)19-13/h5,9-10H,2-4,6-8,15H2,1H3. The minimum Gasteiger partial charge on any atom is -0.335 e. The molecule has 1 aromatic heterocycles. The molecule has 0 aliphatic carbocycles. The third-order valence-corrected chi connectivity index (χ3v) is 6.33. The highest BCUT2D eigenvalue weighted by Gasteiger charge is 2.33. The van der Waals surface area contributed by atoms with E-state index in [9.17, 15) is 4.79 Å². The van der Waals surface area contributed by atoms with Crippen LogP contribution in [0, 0.1) is 5.92 Å². The number of likely N-dealkylation sites (tertiary alicyclic amines) is 1. The summed E-state index contributed by atoms with van der Waals surface area (Å²) in [6.07, 6.45) is 2.17. The van der Waals surface area contributed by atoms with E-state index in [-0.39, 0.29) is 5.91 Å². The van der Waals surface area contributed by atoms with Crippen LogP contribution in [0.1, 0.15) is 33.5 Å². The molecule has 1 saturated heterocycles. The van der Waals surface area contributed by atoms with Crippen molar-refractivity contribution in [2.75, 3.05) is 18.8 Å². The fourth-order valence-corrected chi connectivity index (χ4v) is 5.32. The Morgan fingerprint density at radius 2 is 2.42 bits per heavy atom. The Balaban J connectivity index is 1.78. The SMILES string of the molecule is CC1CC(CN)CN1C(=O)c1cc2c(s1)CCSC2. The van der Waals surface area contributed by atoms with Gasteiger partial charge in [-0.15, -0.1) is 11.3 Å². The van der Waals surface area contributed by atoms with Crippen molar-refractivity contribution < 1.29 is 4.79 Å². The molecule has 3 rings (SSSR count). The Morgan fingerprint density at radius 1 is 1.58 bits per heavy atom. The zero-order chi connectivity index (χ0) is 13.4. The third-order valence-electron chi connectivity index (χ3n) is 4.09. The van der Waals surface area contributed by atoms with E-state index in [0.29, 0.717) is 18.5 Å². The first-order valence-corrected chi connectivity index (χ1v) is 8.86. The van der Waals surface area contributed by atoms with Crippen LogP contribution in [0.15, 0.2) is 6.07 Å². The van der Waals surface area contributed by atoms with E-state index in [1.807, 2.05) is 16.7 Å². The van der Waals surface area contributed by atoms with Crippen LogP contribution in [-0.2, 0) is 12.2 Å². The molecule has 3 nitrogen and oxygen atoms in total. The summed E-state index contributed by atoms with van der Waals surface area (Å²) in [7, 11) is 0. The van der Waals surface area contributed by atoms with Crippen LogP contribution < -0.4 is 5.73 Å². The summed E-state index contributed by atoms with van der Waals surface area (Å²) >= 11 is 3.67. The molecule has 1 fully saturated rings. The second-order valence-corrected chi connectivity index (χ2v) is 7.75. The van der Waals surface area contributed by atoms with Crippen LogP contribution in [-0.4, -0.2) is 35.7 Å². The van der Waals surface area contributed by atoms with Gasteiger partial charge in [0, 0.05) is 23.2 Å². The average molecular weight is 296 g/mol. The molecule has 2 N–H and O–H groups in total. The number of nitrogens with two attached hydrogens (primary N) is 1. The molecule has 0 spiro atoms. The number of amides is 1. The van der Waals surface area contributed by atoms with Gasteiger partial charge < -0.3 is 10.6 Å². The molecule has 104 valence electrons. The number of carbonyl (C=O) groups excluding carboxylic acids is 1. The second-order valence-electron chi connectivity index (χ2n) is 5.51. The molecule has 19 heavy (non-hydrogen) atoms. The number of rotatable bonds is 2. The topological polar surface area (TPSA) is 46.3 Å². The number of thioether (sulfide) groups is 1. The Labute approximate surface area is 122 Å². The number of carbonyl (C=O) groups is 1. The molecule has 0 bridgehead atoms. The first-order chi connectivity index (χ1) is 9.19. The van der Waals surface area contributed by atoms with E-state index in [2.05, 4.69) is 13.0 Å². The molecule has 0 radical (unpaired) electrons. The predicted molar refractivity (Wildman–Crippen MR) is 81.8 cm³/mol. The van der Waals surface area contributed by atoms with Crippen molar-refractivity contribution in [3.63, 3.8) is 0 Å². The highest BCUT2D eigenvalue weighted by molar-refractivity contribution is 7.98. The van der Waals surface area contributed by atoms with Crippen LogP contribution in [0.5, 0.6) is 0 Å². The molecule has 1 amide bonds. The maximum absolute atomic E-state index is 12.6. The van der Waals surface area contributed by atoms with Gasteiger partial charge in [-0.25, -0.2) is 0 Å². The van der Waals surface area contributed by atoms with E-state index in [1.165, 1.54) is 16.2 Å². The zero-order valence-corrected chi connectivity index (χ0v) is 12.9. The van der Waals surface area contributed by atoms with Gasteiger partial charge in [-0.3, -0.25) is 4.79 Å². The first-order valence-electron chi connectivity index (χ1n) is 6.89. The Hall–Kier alpha value is -0.520. The van der Waals surface area contributed by atoms with Gasteiger partial charge in [-0.1, -0.05) is 0 Å². The minimum absolute atomic E-state index is 0.216. The highest BCUT2D eigenvalue weighted by Crippen LogP contribution is 2.33. The normalized spacial score (nSPS) is 26.5. The van der Waals surface area contributed by atoms with E-state index < -0.39 is 0 Å². The molecule has 2 unspecified atom stereocenters. The van der Waals surface area contributed by atoms with Crippen LogP contribution in [0.2, 0.25) is 0 Å². The van der Waals surface area contributed by atoms with Crippen molar-refractivity contribution in [2.45, 2.75) is 31.6 Å². The van der Waals surface area contributed by atoms with E-state index in [1.54, 1.807) is 11.3 Å². The van der Waals surface area contributed by atoms with Gasteiger partial charge in [-0.2, -0.15) is 11.8 Å². The molecule has 0 aromatic carbocycles. The summed E-state index contributed by atoms with van der Waals surface area (Å²) in [6.45, 7) is 3.65. The number of fused-ring (bicyclic) bond motifs is 1. The van der Waals surface area contributed by atoms with Crippen LogP contribution in [0.3, 0.4) is 0 Å². The maximum Gasteiger partial charge on any atom is 0.264 e. The molecule has 2 aliphatic heterocycles. The summed E-state index contributed by atoms with van der Waals surface area (Å²) in [5.74, 6) is 2.95. The summed E-state index contributed by atoms with van der Waals surface area (Å²) in [5.41, 5.74) is 7.12. The highest BCUT2D eigenvalue weighted by atomic mass is 32.2. The molecular formula is C14H20N2OS2. The zero-order valence-electron chi connectivity index (χ0n) is 11.2. The summed E-state index contributed by atoms with van der Waals surface area (Å²) in [4.78, 5) is 17.0. The summed E-state index contributed by atoms with van der Waals surface area (Å²) in [5, 5.41) is 0. The monoisotopic (exact) mass is 296 g/mol. The maximum atomic E-state index is 12.6. The van der Waals surface area contributed by atoms with Gasteiger partial charge in [0.1, 0.15) is 0 Å². The quantitative estimate of drug-likeness (QED) is 0.911. The largest absolute Gasteiger partial charge is 0.335 e. The van der Waals surface area contributed by atoms with Crippen molar-refractivity contribution in [2.24, 2.45) is 11.7 Å². The van der Waals surface area contributed by atoms with Crippen LogP contribution in [0.25, 0.3) is 0 Å². The van der Waals surface area contributed by atoms with Crippen LogP contribution >= 0.6 is 23.1 Å². The van der Waals surface area contributed by atoms with Gasteiger partial charge in [-0.05, 0) is 49.6 Å². The molecule has 2 aliphatic rings. The number of hydrogen-bond donors (Lipinski definition) is 1. The summed E-state index contributed by atoms with van der Waals surface area (Å²) < 4.78 is 0. The fraction of sp³-hybridized carbons (Fsp3) is 0.643. The lowest BCUT2D eigenvalue weighted by molar-refractivity contribution is 0.0748. The molecule has 1 aromatic rings. The van der Waals surface area contributed by atoms with E-state index in [4.69, 9.17) is 5.73 Å². The third kappa shape index (κ3) is 2.56. The van der Waals surface area contributed by atoms with Gasteiger partial charge in [0.2, 0.25) is 0 Å². The minimum atomic E-state index is 0.216. The Kier molecular flexibility index (Phi) is 3.87. The van der Waals surface area contributed by atoms with Gasteiger partial charge in [0.15, 0.2) is 0 Å².